The molecule has 1 aromatic heterocycles. The predicted molar refractivity (Wildman–Crippen MR) is 97.5 cm³/mol. The van der Waals surface area contributed by atoms with Gasteiger partial charge in [0, 0.05) is 17.3 Å². The first-order valence-corrected chi connectivity index (χ1v) is 9.14. The predicted octanol–water partition coefficient (Wildman–Crippen LogP) is 5.10. The van der Waals surface area contributed by atoms with Crippen LogP contribution < -0.4 is 0 Å². The topological polar surface area (TPSA) is 20.3 Å². The molecule has 1 aliphatic rings. The molecule has 0 saturated heterocycles. The molecule has 0 N–H and O–H groups in total. The molecule has 2 nitrogen and oxygen atoms in total. The van der Waals surface area contributed by atoms with Gasteiger partial charge in [-0.15, -0.1) is 11.3 Å². The molecule has 1 aromatic carbocycles. The van der Waals surface area contributed by atoms with Gasteiger partial charge in [0.25, 0.3) is 0 Å². The van der Waals surface area contributed by atoms with Gasteiger partial charge in [0.2, 0.25) is 5.91 Å². The minimum absolute atomic E-state index is 0.0720. The fraction of sp³-hybridized carbons (Fsp3) is 0.316. The molecule has 2 heterocycles. The number of rotatable bonds is 4. The Balaban J connectivity index is 1.93. The lowest BCUT2D eigenvalue weighted by atomic mass is 9.86. The van der Waals surface area contributed by atoms with Gasteiger partial charge in [-0.2, -0.15) is 0 Å². The first kappa shape index (κ1) is 17.2. The van der Waals surface area contributed by atoms with Crippen molar-refractivity contribution in [2.24, 2.45) is 0 Å². The largest absolute Gasteiger partial charge is 0.333 e. The number of nitrogens with zero attached hydrogens (tertiary/aromatic N) is 1. The van der Waals surface area contributed by atoms with E-state index in [-0.39, 0.29) is 18.2 Å². The van der Waals surface area contributed by atoms with Crippen molar-refractivity contribution < 1.29 is 9.18 Å². The highest BCUT2D eigenvalue weighted by Gasteiger charge is 2.31. The fourth-order valence-corrected chi connectivity index (χ4v) is 4.51. The first-order valence-electron chi connectivity index (χ1n) is 7.95. The number of amides is 1. The van der Waals surface area contributed by atoms with Crippen molar-refractivity contribution in [2.45, 2.75) is 25.8 Å². The normalized spacial score (nSPS) is 17.3. The first-order chi connectivity index (χ1) is 11.6. The lowest BCUT2D eigenvalue weighted by molar-refractivity contribution is -0.127. The highest BCUT2D eigenvalue weighted by Crippen LogP contribution is 2.40. The number of carbonyl (C=O) groups excluding carboxylic acids is 1. The second-order valence-electron chi connectivity index (χ2n) is 5.94. The maximum absolute atomic E-state index is 12.4. The zero-order valence-corrected chi connectivity index (χ0v) is 15.0. The maximum atomic E-state index is 12.4. The molecule has 0 saturated carbocycles. The van der Waals surface area contributed by atoms with E-state index in [2.05, 4.69) is 19.1 Å². The number of hydrogen-bond acceptors (Lipinski definition) is 2. The van der Waals surface area contributed by atoms with Gasteiger partial charge in [-0.1, -0.05) is 41.9 Å². The number of carbonyl (C=O) groups is 1. The van der Waals surface area contributed by atoms with Crippen LogP contribution in [0.15, 0.2) is 42.5 Å². The Kier molecular flexibility index (Phi) is 5.36. The molecule has 0 unspecified atom stereocenters. The third-order valence-corrected chi connectivity index (χ3v) is 5.60. The van der Waals surface area contributed by atoms with Crippen LogP contribution in [0, 0.1) is 6.92 Å². The van der Waals surface area contributed by atoms with Crippen molar-refractivity contribution in [1.82, 2.24) is 4.90 Å². The SMILES string of the molecule is Cc1ccccc1[C@@H]1CN(C(=O)/C=C/CCF)Cc2sc(Cl)cc21. The average molecular weight is 364 g/mol. The molecule has 0 aliphatic carbocycles. The number of fused-ring (bicyclic) bond motifs is 1. The van der Waals surface area contributed by atoms with Gasteiger partial charge in [0.15, 0.2) is 0 Å². The second kappa shape index (κ2) is 7.49. The summed E-state index contributed by atoms with van der Waals surface area (Å²) in [7, 11) is 0. The lowest BCUT2D eigenvalue weighted by Gasteiger charge is -2.33. The van der Waals surface area contributed by atoms with E-state index in [9.17, 15) is 9.18 Å². The van der Waals surface area contributed by atoms with Gasteiger partial charge in [-0.3, -0.25) is 9.18 Å². The Hall–Kier alpha value is -1.65. The monoisotopic (exact) mass is 363 g/mol. The number of allylic oxidation sites excluding steroid dienone is 1. The summed E-state index contributed by atoms with van der Waals surface area (Å²) in [6.45, 7) is 2.82. The van der Waals surface area contributed by atoms with Crippen LogP contribution in [-0.2, 0) is 11.3 Å². The molecule has 5 heteroatoms. The quantitative estimate of drug-likeness (QED) is 0.692. The highest BCUT2D eigenvalue weighted by molar-refractivity contribution is 7.16. The minimum Gasteiger partial charge on any atom is -0.333 e. The van der Waals surface area contributed by atoms with Crippen LogP contribution in [0.25, 0.3) is 0 Å². The number of benzene rings is 1. The van der Waals surface area contributed by atoms with Gasteiger partial charge in [-0.05, 0) is 42.2 Å². The van der Waals surface area contributed by atoms with Crippen molar-refractivity contribution in [3.8, 4) is 0 Å². The van der Waals surface area contributed by atoms with Crippen molar-refractivity contribution in [3.05, 3.63) is 68.4 Å². The Morgan fingerprint density at radius 2 is 2.21 bits per heavy atom. The average Bonchev–Trinajstić information content (AvgIpc) is 2.95. The summed E-state index contributed by atoms with van der Waals surface area (Å²) < 4.78 is 13.0. The Bertz CT molecular complexity index is 770. The Morgan fingerprint density at radius 1 is 1.42 bits per heavy atom. The molecule has 0 bridgehead atoms. The number of hydrogen-bond donors (Lipinski definition) is 0. The van der Waals surface area contributed by atoms with Gasteiger partial charge < -0.3 is 4.90 Å². The van der Waals surface area contributed by atoms with E-state index in [0.29, 0.717) is 13.1 Å². The standard InChI is InChI=1S/C19H19ClFNOS/c1-13-6-2-3-7-14(13)16-11-22(19(23)8-4-5-9-21)12-17-15(16)10-18(20)24-17/h2-4,6-8,10,16H,5,9,11-12H2,1H3/b8-4+/t16-/m0/s1. The molecule has 2 aromatic rings. The molecule has 24 heavy (non-hydrogen) atoms. The summed E-state index contributed by atoms with van der Waals surface area (Å²) in [6, 6.07) is 10.3. The number of alkyl halides is 1. The van der Waals surface area contributed by atoms with Gasteiger partial charge in [-0.25, -0.2) is 0 Å². The molecule has 0 fully saturated rings. The molecule has 1 amide bonds. The van der Waals surface area contributed by atoms with E-state index < -0.39 is 6.67 Å². The lowest BCUT2D eigenvalue weighted by Crippen LogP contribution is -2.37. The van der Waals surface area contributed by atoms with Crippen molar-refractivity contribution in [3.63, 3.8) is 0 Å². The van der Waals surface area contributed by atoms with E-state index >= 15 is 0 Å². The van der Waals surface area contributed by atoms with Crippen molar-refractivity contribution in [1.29, 1.82) is 0 Å². The highest BCUT2D eigenvalue weighted by atomic mass is 35.5. The number of thiophene rings is 1. The van der Waals surface area contributed by atoms with Crippen LogP contribution in [0.4, 0.5) is 4.39 Å². The molecular formula is C19H19ClFNOS. The van der Waals surface area contributed by atoms with Crippen LogP contribution in [0.1, 0.15) is 33.9 Å². The number of aryl methyl sites for hydroxylation is 1. The molecule has 3 rings (SSSR count). The molecule has 0 spiro atoms. The Morgan fingerprint density at radius 3 is 2.96 bits per heavy atom. The molecule has 1 aliphatic heterocycles. The van der Waals surface area contributed by atoms with E-state index in [0.717, 1.165) is 9.21 Å². The zero-order chi connectivity index (χ0) is 17.1. The van der Waals surface area contributed by atoms with Gasteiger partial charge in [0.1, 0.15) is 0 Å². The van der Waals surface area contributed by atoms with Crippen LogP contribution in [-0.4, -0.2) is 24.0 Å². The fourth-order valence-electron chi connectivity index (χ4n) is 3.15. The van der Waals surface area contributed by atoms with Crippen LogP contribution in [0.5, 0.6) is 0 Å². The minimum atomic E-state index is -0.444. The third-order valence-electron chi connectivity index (χ3n) is 4.34. The summed E-state index contributed by atoms with van der Waals surface area (Å²) in [4.78, 5) is 15.4. The summed E-state index contributed by atoms with van der Waals surface area (Å²) >= 11 is 7.76. The second-order valence-corrected chi connectivity index (χ2v) is 7.71. The van der Waals surface area contributed by atoms with Gasteiger partial charge in [0.05, 0.1) is 17.6 Å². The van der Waals surface area contributed by atoms with E-state index in [1.807, 2.05) is 23.1 Å². The summed E-state index contributed by atoms with van der Waals surface area (Å²) in [6.07, 6.45) is 3.35. The van der Waals surface area contributed by atoms with Crippen molar-refractivity contribution in [2.75, 3.05) is 13.2 Å². The molecule has 1 atom stereocenters. The summed E-state index contributed by atoms with van der Waals surface area (Å²) in [5.41, 5.74) is 3.65. The van der Waals surface area contributed by atoms with Crippen LogP contribution >= 0.6 is 22.9 Å². The third kappa shape index (κ3) is 3.55. The van der Waals surface area contributed by atoms with Gasteiger partial charge >= 0.3 is 0 Å². The zero-order valence-electron chi connectivity index (χ0n) is 13.5. The summed E-state index contributed by atoms with van der Waals surface area (Å²) in [5.74, 6) is 0.0504. The van der Waals surface area contributed by atoms with Crippen molar-refractivity contribution >= 4 is 28.8 Å². The van der Waals surface area contributed by atoms with E-state index in [1.165, 1.54) is 34.1 Å². The Labute approximate surface area is 150 Å². The van der Waals surface area contributed by atoms with Crippen LogP contribution in [0.3, 0.4) is 0 Å². The molecular weight excluding hydrogens is 345 g/mol. The van der Waals surface area contributed by atoms with Crippen LogP contribution in [0.2, 0.25) is 4.34 Å². The molecule has 0 radical (unpaired) electrons. The maximum Gasteiger partial charge on any atom is 0.246 e. The van der Waals surface area contributed by atoms with E-state index in [4.69, 9.17) is 11.6 Å². The smallest absolute Gasteiger partial charge is 0.246 e. The van der Waals surface area contributed by atoms with E-state index in [1.54, 1.807) is 6.08 Å². The number of halogens is 2. The summed E-state index contributed by atoms with van der Waals surface area (Å²) in [5, 5.41) is 0. The molecule has 126 valence electrons.